The van der Waals surface area contributed by atoms with Crippen molar-refractivity contribution in [3.63, 3.8) is 0 Å². The highest BCUT2D eigenvalue weighted by Gasteiger charge is 2.24. The van der Waals surface area contributed by atoms with E-state index in [1.54, 1.807) is 6.07 Å². The van der Waals surface area contributed by atoms with Crippen LogP contribution in [0.3, 0.4) is 0 Å². The van der Waals surface area contributed by atoms with Gasteiger partial charge in [0.15, 0.2) is 5.75 Å². The number of fused-ring (bicyclic) bond motifs is 2. The molecule has 3 aromatic carbocycles. The predicted octanol–water partition coefficient (Wildman–Crippen LogP) is 5.68. The van der Waals surface area contributed by atoms with E-state index in [9.17, 15) is 10.1 Å². The average molecular weight is 358 g/mol. The molecule has 1 aliphatic rings. The van der Waals surface area contributed by atoms with Crippen LogP contribution in [-0.2, 0) is 6.42 Å². The lowest BCUT2D eigenvalue weighted by Crippen LogP contribution is -2.03. The van der Waals surface area contributed by atoms with Crippen LogP contribution in [0.25, 0.3) is 5.70 Å². The first-order valence-corrected chi connectivity index (χ1v) is 8.61. The van der Waals surface area contributed by atoms with Crippen LogP contribution in [0.2, 0.25) is 0 Å². The third-order valence-electron chi connectivity index (χ3n) is 4.55. The lowest BCUT2D eigenvalue weighted by molar-refractivity contribution is -0.385. The number of nitro benzene ring substituents is 1. The molecule has 0 spiro atoms. The minimum Gasteiger partial charge on any atom is -0.454 e. The summed E-state index contributed by atoms with van der Waals surface area (Å²) in [5.74, 6) is 1.05. The predicted molar refractivity (Wildman–Crippen MR) is 106 cm³/mol. The van der Waals surface area contributed by atoms with Crippen molar-refractivity contribution in [3.8, 4) is 11.5 Å². The zero-order valence-electron chi connectivity index (χ0n) is 14.9. The van der Waals surface area contributed by atoms with Gasteiger partial charge in [0.1, 0.15) is 5.75 Å². The molecule has 0 bridgehead atoms. The molecule has 0 unspecified atom stereocenters. The topological polar surface area (TPSA) is 64.4 Å². The van der Waals surface area contributed by atoms with E-state index in [0.717, 1.165) is 27.9 Å². The summed E-state index contributed by atoms with van der Waals surface area (Å²) in [4.78, 5) is 11.1. The van der Waals surface area contributed by atoms with E-state index in [0.29, 0.717) is 23.6 Å². The number of hydrogen-bond acceptors (Lipinski definition) is 4. The fourth-order valence-corrected chi connectivity index (χ4v) is 3.37. The van der Waals surface area contributed by atoms with Crippen LogP contribution in [0.4, 0.5) is 11.4 Å². The first-order chi connectivity index (χ1) is 13.0. The van der Waals surface area contributed by atoms with Crippen molar-refractivity contribution in [2.24, 2.45) is 0 Å². The van der Waals surface area contributed by atoms with Crippen LogP contribution in [-0.4, -0.2) is 4.92 Å². The lowest BCUT2D eigenvalue weighted by atomic mass is 9.96. The van der Waals surface area contributed by atoms with Gasteiger partial charge >= 0.3 is 0 Å². The third-order valence-corrected chi connectivity index (χ3v) is 4.55. The number of ether oxygens (including phenoxy) is 1. The molecule has 0 saturated carbocycles. The Labute approximate surface area is 157 Å². The fourth-order valence-electron chi connectivity index (χ4n) is 3.37. The van der Waals surface area contributed by atoms with Gasteiger partial charge in [0, 0.05) is 17.3 Å². The Balaban J connectivity index is 1.87. The smallest absolute Gasteiger partial charge is 0.273 e. The second-order valence-electron chi connectivity index (χ2n) is 6.60. The molecule has 1 heterocycles. The van der Waals surface area contributed by atoms with Crippen molar-refractivity contribution in [3.05, 3.63) is 99.6 Å². The monoisotopic (exact) mass is 358 g/mol. The van der Waals surface area contributed by atoms with Gasteiger partial charge in [0.05, 0.1) is 16.7 Å². The number of non-ortho nitro benzene ring substituents is 1. The van der Waals surface area contributed by atoms with Gasteiger partial charge in [-0.15, -0.1) is 0 Å². The molecule has 134 valence electrons. The van der Waals surface area contributed by atoms with E-state index in [1.807, 2.05) is 49.4 Å². The first-order valence-electron chi connectivity index (χ1n) is 8.61. The Hall–Kier alpha value is -3.60. The van der Waals surface area contributed by atoms with Gasteiger partial charge in [0.25, 0.3) is 5.69 Å². The minimum absolute atomic E-state index is 0.00332. The van der Waals surface area contributed by atoms with Crippen LogP contribution in [0.1, 0.15) is 22.3 Å². The zero-order chi connectivity index (χ0) is 19.0. The Bertz CT molecular complexity index is 1070. The van der Waals surface area contributed by atoms with Crippen molar-refractivity contribution in [2.75, 3.05) is 5.32 Å². The lowest BCUT2D eigenvalue weighted by Gasteiger charge is -2.14. The number of benzene rings is 3. The molecule has 0 aromatic heterocycles. The summed E-state index contributed by atoms with van der Waals surface area (Å²) >= 11 is 0. The summed E-state index contributed by atoms with van der Waals surface area (Å²) in [7, 11) is 0. The second kappa shape index (κ2) is 6.61. The van der Waals surface area contributed by atoms with Crippen molar-refractivity contribution in [1.82, 2.24) is 0 Å². The zero-order valence-corrected chi connectivity index (χ0v) is 14.9. The summed E-state index contributed by atoms with van der Waals surface area (Å²) in [6, 6.07) is 18.6. The van der Waals surface area contributed by atoms with E-state index in [-0.39, 0.29) is 5.69 Å². The fraction of sp³-hybridized carbons (Fsp3) is 0.0909. The molecular weight excluding hydrogens is 340 g/mol. The second-order valence-corrected chi connectivity index (χ2v) is 6.60. The van der Waals surface area contributed by atoms with Crippen LogP contribution < -0.4 is 10.1 Å². The standard InChI is InChI=1S/C22H18N2O3/c1-14-6-5-7-16(10-14)11-17-12-18(24(25)26)13-21-22(17)15(2)23-19-8-3-4-9-20(19)27-21/h3-10,12-13,23H,2,11H2,1H3. The number of nitrogens with zero attached hydrogens (tertiary/aromatic N) is 1. The molecule has 0 saturated heterocycles. The summed E-state index contributed by atoms with van der Waals surface area (Å²) in [5, 5.41) is 14.7. The Morgan fingerprint density at radius 3 is 2.67 bits per heavy atom. The molecule has 0 atom stereocenters. The van der Waals surface area contributed by atoms with Crippen molar-refractivity contribution >= 4 is 17.1 Å². The normalized spacial score (nSPS) is 12.3. The molecule has 3 aromatic rings. The molecule has 4 rings (SSSR count). The molecule has 0 aliphatic carbocycles. The Morgan fingerprint density at radius 2 is 1.89 bits per heavy atom. The van der Waals surface area contributed by atoms with Gasteiger partial charge in [-0.25, -0.2) is 0 Å². The van der Waals surface area contributed by atoms with E-state index in [2.05, 4.69) is 18.0 Å². The molecule has 1 aliphatic heterocycles. The first kappa shape index (κ1) is 16.8. The largest absolute Gasteiger partial charge is 0.454 e. The molecule has 0 radical (unpaired) electrons. The molecule has 5 heteroatoms. The van der Waals surface area contributed by atoms with Crippen molar-refractivity contribution in [2.45, 2.75) is 13.3 Å². The maximum Gasteiger partial charge on any atom is 0.273 e. The highest BCUT2D eigenvalue weighted by molar-refractivity contribution is 5.85. The van der Waals surface area contributed by atoms with E-state index in [1.165, 1.54) is 6.07 Å². The summed E-state index contributed by atoms with van der Waals surface area (Å²) in [6.45, 7) is 6.17. The number of rotatable bonds is 3. The molecule has 0 amide bonds. The molecule has 0 fully saturated rings. The van der Waals surface area contributed by atoms with Crippen LogP contribution >= 0.6 is 0 Å². The van der Waals surface area contributed by atoms with Gasteiger partial charge in [-0.2, -0.15) is 0 Å². The number of anilines is 1. The maximum atomic E-state index is 11.5. The average Bonchev–Trinajstić information content (AvgIpc) is 2.77. The van der Waals surface area contributed by atoms with Crippen molar-refractivity contribution in [1.29, 1.82) is 0 Å². The van der Waals surface area contributed by atoms with Gasteiger partial charge in [-0.3, -0.25) is 10.1 Å². The molecule has 5 nitrogen and oxygen atoms in total. The number of nitrogens with one attached hydrogen (secondary N) is 1. The van der Waals surface area contributed by atoms with Gasteiger partial charge in [0.2, 0.25) is 0 Å². The number of para-hydroxylation sites is 2. The van der Waals surface area contributed by atoms with Crippen LogP contribution in [0.5, 0.6) is 11.5 Å². The highest BCUT2D eigenvalue weighted by atomic mass is 16.6. The van der Waals surface area contributed by atoms with E-state index >= 15 is 0 Å². The van der Waals surface area contributed by atoms with Crippen LogP contribution in [0.15, 0.2) is 67.2 Å². The Morgan fingerprint density at radius 1 is 1.07 bits per heavy atom. The van der Waals surface area contributed by atoms with Crippen molar-refractivity contribution < 1.29 is 9.66 Å². The summed E-state index contributed by atoms with van der Waals surface area (Å²) < 4.78 is 6.04. The van der Waals surface area contributed by atoms with Gasteiger partial charge in [-0.1, -0.05) is 48.5 Å². The van der Waals surface area contributed by atoms with E-state index in [4.69, 9.17) is 4.74 Å². The third kappa shape index (κ3) is 3.27. The molecule has 27 heavy (non-hydrogen) atoms. The molecule has 1 N–H and O–H groups in total. The minimum atomic E-state index is -0.392. The number of aryl methyl sites for hydroxylation is 1. The van der Waals surface area contributed by atoms with Gasteiger partial charge < -0.3 is 10.1 Å². The van der Waals surface area contributed by atoms with E-state index < -0.39 is 4.92 Å². The van der Waals surface area contributed by atoms with Gasteiger partial charge in [-0.05, 0) is 36.6 Å². The quantitative estimate of drug-likeness (QED) is 0.483. The maximum absolute atomic E-state index is 11.5. The number of nitro groups is 1. The summed E-state index contributed by atoms with van der Waals surface area (Å²) in [6.07, 6.45) is 0.548. The highest BCUT2D eigenvalue weighted by Crippen LogP contribution is 2.42. The number of hydrogen-bond donors (Lipinski definition) is 1. The summed E-state index contributed by atoms with van der Waals surface area (Å²) in [5.41, 5.74) is 5.23. The van der Waals surface area contributed by atoms with Crippen LogP contribution in [0, 0.1) is 17.0 Å². The SMILES string of the molecule is C=C1Nc2ccccc2Oc2cc([N+](=O)[O-])cc(Cc3cccc(C)c3)c21. The molecular formula is C22H18N2O3. The Kier molecular flexibility index (Phi) is 4.12.